The lowest BCUT2D eigenvalue weighted by Crippen LogP contribution is -2.35. The number of ether oxygens (including phenoxy) is 1. The Morgan fingerprint density at radius 3 is 2.80 bits per heavy atom. The van der Waals surface area contributed by atoms with E-state index in [9.17, 15) is 0 Å². The monoisotopic (exact) mass is 226 g/mol. The lowest BCUT2D eigenvalue weighted by atomic mass is 10.2. The molecule has 2 rings (SSSR count). The van der Waals surface area contributed by atoms with Crippen molar-refractivity contribution < 1.29 is 4.74 Å². The summed E-state index contributed by atoms with van der Waals surface area (Å²) in [6.45, 7) is 7.72. The zero-order valence-electron chi connectivity index (χ0n) is 9.16. The van der Waals surface area contributed by atoms with Crippen molar-refractivity contribution >= 4 is 11.3 Å². The highest BCUT2D eigenvalue weighted by Gasteiger charge is 2.13. The van der Waals surface area contributed by atoms with Gasteiger partial charge in [0.1, 0.15) is 0 Å². The van der Waals surface area contributed by atoms with Crippen LogP contribution in [0.3, 0.4) is 0 Å². The van der Waals surface area contributed by atoms with Crippen molar-refractivity contribution in [2.45, 2.75) is 20.0 Å². The van der Waals surface area contributed by atoms with E-state index in [0.29, 0.717) is 6.54 Å². The van der Waals surface area contributed by atoms with Crippen molar-refractivity contribution in [3.63, 3.8) is 0 Å². The first kappa shape index (κ1) is 11.1. The predicted molar refractivity (Wildman–Crippen MR) is 63.0 cm³/mol. The molecular weight excluding hydrogens is 208 g/mol. The third-order valence-corrected chi connectivity index (χ3v) is 3.89. The number of rotatable bonds is 3. The van der Waals surface area contributed by atoms with Gasteiger partial charge in [-0.2, -0.15) is 0 Å². The minimum Gasteiger partial charge on any atom is -0.379 e. The molecule has 1 aliphatic rings. The van der Waals surface area contributed by atoms with Crippen LogP contribution >= 0.6 is 11.3 Å². The van der Waals surface area contributed by atoms with Gasteiger partial charge in [-0.25, -0.2) is 0 Å². The van der Waals surface area contributed by atoms with Crippen molar-refractivity contribution in [2.24, 2.45) is 5.73 Å². The molecule has 1 aromatic heterocycles. The zero-order valence-corrected chi connectivity index (χ0v) is 9.98. The van der Waals surface area contributed by atoms with Gasteiger partial charge in [0.15, 0.2) is 0 Å². The van der Waals surface area contributed by atoms with Crippen molar-refractivity contribution in [1.29, 1.82) is 0 Å². The minimum atomic E-state index is 0.661. The molecule has 0 radical (unpaired) electrons. The SMILES string of the molecule is Cc1sc(CN)cc1CN1CCOCC1. The number of nitrogens with two attached hydrogens (primary N) is 1. The molecule has 0 amide bonds. The summed E-state index contributed by atoms with van der Waals surface area (Å²) in [4.78, 5) is 5.14. The quantitative estimate of drug-likeness (QED) is 0.845. The van der Waals surface area contributed by atoms with Crippen LogP contribution < -0.4 is 5.73 Å². The first-order valence-corrected chi connectivity index (χ1v) is 6.19. The van der Waals surface area contributed by atoms with Gasteiger partial charge in [0.2, 0.25) is 0 Å². The fourth-order valence-electron chi connectivity index (χ4n) is 1.85. The second-order valence-electron chi connectivity index (χ2n) is 3.89. The summed E-state index contributed by atoms with van der Waals surface area (Å²) < 4.78 is 5.33. The first-order chi connectivity index (χ1) is 7.29. The Balaban J connectivity index is 1.99. The van der Waals surface area contributed by atoms with E-state index in [0.717, 1.165) is 32.8 Å². The predicted octanol–water partition coefficient (Wildman–Crippen LogP) is 1.35. The lowest BCUT2D eigenvalue weighted by Gasteiger charge is -2.26. The fourth-order valence-corrected chi connectivity index (χ4v) is 2.78. The van der Waals surface area contributed by atoms with Crippen LogP contribution in [0.2, 0.25) is 0 Å². The number of hydrogen-bond acceptors (Lipinski definition) is 4. The summed E-state index contributed by atoms with van der Waals surface area (Å²) >= 11 is 1.82. The standard InChI is InChI=1S/C11H18N2OS/c1-9-10(6-11(7-12)15-9)8-13-2-4-14-5-3-13/h6H,2-5,7-8,12H2,1H3. The summed E-state index contributed by atoms with van der Waals surface area (Å²) in [5, 5.41) is 0. The molecule has 0 aliphatic carbocycles. The van der Waals surface area contributed by atoms with E-state index in [1.165, 1.54) is 15.3 Å². The average molecular weight is 226 g/mol. The van der Waals surface area contributed by atoms with E-state index in [1.54, 1.807) is 0 Å². The normalized spacial score (nSPS) is 18.3. The lowest BCUT2D eigenvalue weighted by molar-refractivity contribution is 0.0341. The van der Waals surface area contributed by atoms with Gasteiger partial charge in [0, 0.05) is 35.9 Å². The smallest absolute Gasteiger partial charge is 0.0594 e. The summed E-state index contributed by atoms with van der Waals surface area (Å²) in [5.41, 5.74) is 7.07. The number of nitrogens with zero attached hydrogens (tertiary/aromatic N) is 1. The van der Waals surface area contributed by atoms with Gasteiger partial charge in [0.25, 0.3) is 0 Å². The molecule has 1 saturated heterocycles. The molecule has 0 bridgehead atoms. The maximum atomic E-state index is 5.64. The molecule has 1 fully saturated rings. The molecule has 84 valence electrons. The van der Waals surface area contributed by atoms with Gasteiger partial charge < -0.3 is 10.5 Å². The van der Waals surface area contributed by atoms with Crippen LogP contribution in [0.5, 0.6) is 0 Å². The molecule has 3 nitrogen and oxygen atoms in total. The maximum Gasteiger partial charge on any atom is 0.0594 e. The van der Waals surface area contributed by atoms with Gasteiger partial charge in [-0.1, -0.05) is 0 Å². The fraction of sp³-hybridized carbons (Fsp3) is 0.636. The molecule has 2 heterocycles. The van der Waals surface area contributed by atoms with E-state index in [2.05, 4.69) is 17.9 Å². The molecule has 0 saturated carbocycles. The maximum absolute atomic E-state index is 5.64. The van der Waals surface area contributed by atoms with Crippen molar-refractivity contribution in [1.82, 2.24) is 4.90 Å². The van der Waals surface area contributed by atoms with Crippen molar-refractivity contribution in [3.05, 3.63) is 21.4 Å². The Labute approximate surface area is 94.8 Å². The number of aryl methyl sites for hydroxylation is 1. The van der Waals surface area contributed by atoms with Crippen LogP contribution in [0, 0.1) is 6.92 Å². The molecule has 1 aliphatic heterocycles. The topological polar surface area (TPSA) is 38.5 Å². The summed E-state index contributed by atoms with van der Waals surface area (Å²) in [6, 6.07) is 2.25. The summed E-state index contributed by atoms with van der Waals surface area (Å²) in [6.07, 6.45) is 0. The Bertz CT molecular complexity index is 318. The molecule has 15 heavy (non-hydrogen) atoms. The van der Waals surface area contributed by atoms with Gasteiger partial charge in [-0.3, -0.25) is 4.90 Å². The van der Waals surface area contributed by atoms with E-state index in [1.807, 2.05) is 11.3 Å². The van der Waals surface area contributed by atoms with Crippen molar-refractivity contribution in [3.8, 4) is 0 Å². The van der Waals surface area contributed by atoms with Crippen LogP contribution in [0.4, 0.5) is 0 Å². The van der Waals surface area contributed by atoms with Crippen LogP contribution in [0.15, 0.2) is 6.07 Å². The molecule has 0 aromatic carbocycles. The highest BCUT2D eigenvalue weighted by molar-refractivity contribution is 7.12. The van der Waals surface area contributed by atoms with Crippen LogP contribution in [0.1, 0.15) is 15.3 Å². The molecule has 2 N–H and O–H groups in total. The average Bonchev–Trinajstić information content (AvgIpc) is 2.61. The van der Waals surface area contributed by atoms with Crippen LogP contribution in [0.25, 0.3) is 0 Å². The van der Waals surface area contributed by atoms with Crippen molar-refractivity contribution in [2.75, 3.05) is 26.3 Å². The third kappa shape index (κ3) is 2.78. The molecule has 0 spiro atoms. The van der Waals surface area contributed by atoms with Gasteiger partial charge in [-0.15, -0.1) is 11.3 Å². The Kier molecular flexibility index (Phi) is 3.75. The second-order valence-corrected chi connectivity index (χ2v) is 5.23. The first-order valence-electron chi connectivity index (χ1n) is 5.38. The van der Waals surface area contributed by atoms with Crippen LogP contribution in [-0.2, 0) is 17.8 Å². The van der Waals surface area contributed by atoms with Gasteiger partial charge in [-0.05, 0) is 18.6 Å². The highest BCUT2D eigenvalue weighted by Crippen LogP contribution is 2.22. The highest BCUT2D eigenvalue weighted by atomic mass is 32.1. The van der Waals surface area contributed by atoms with E-state index in [-0.39, 0.29) is 0 Å². The Morgan fingerprint density at radius 2 is 2.20 bits per heavy atom. The largest absolute Gasteiger partial charge is 0.379 e. The zero-order chi connectivity index (χ0) is 10.7. The van der Waals surface area contributed by atoms with Gasteiger partial charge >= 0.3 is 0 Å². The number of hydrogen-bond donors (Lipinski definition) is 1. The molecule has 0 atom stereocenters. The summed E-state index contributed by atoms with van der Waals surface area (Å²) in [7, 11) is 0. The van der Waals surface area contributed by atoms with E-state index < -0.39 is 0 Å². The van der Waals surface area contributed by atoms with Crippen LogP contribution in [-0.4, -0.2) is 31.2 Å². The minimum absolute atomic E-state index is 0.661. The second kappa shape index (κ2) is 5.07. The third-order valence-electron chi connectivity index (χ3n) is 2.77. The Hall–Kier alpha value is -0.420. The number of morpholine rings is 1. The Morgan fingerprint density at radius 1 is 1.47 bits per heavy atom. The van der Waals surface area contributed by atoms with E-state index in [4.69, 9.17) is 10.5 Å². The van der Waals surface area contributed by atoms with Gasteiger partial charge in [0.05, 0.1) is 13.2 Å². The molecule has 1 aromatic rings. The number of thiophene rings is 1. The van der Waals surface area contributed by atoms with E-state index >= 15 is 0 Å². The molecular formula is C11H18N2OS. The molecule has 4 heteroatoms. The summed E-state index contributed by atoms with van der Waals surface area (Å²) in [5.74, 6) is 0. The molecule has 0 unspecified atom stereocenters.